The molecule has 3 aromatic rings. The highest BCUT2D eigenvalue weighted by Crippen LogP contribution is 2.59. The lowest BCUT2D eigenvalue weighted by molar-refractivity contribution is 0.0985. The number of pyridine rings is 1. The van der Waals surface area contributed by atoms with Gasteiger partial charge >= 0.3 is 0 Å². The lowest BCUT2D eigenvalue weighted by Crippen LogP contribution is -2.44. The molecular formula is C24H26FN5OS. The van der Waals surface area contributed by atoms with Crippen molar-refractivity contribution < 1.29 is 9.13 Å². The van der Waals surface area contributed by atoms with Crippen LogP contribution in [0.2, 0.25) is 0 Å². The quantitative estimate of drug-likeness (QED) is 0.581. The first-order chi connectivity index (χ1) is 15.6. The van der Waals surface area contributed by atoms with Crippen molar-refractivity contribution in [3.63, 3.8) is 0 Å². The van der Waals surface area contributed by atoms with E-state index in [0.717, 1.165) is 47.0 Å². The van der Waals surface area contributed by atoms with Gasteiger partial charge in [0.1, 0.15) is 11.6 Å². The molecule has 6 nitrogen and oxygen atoms in total. The summed E-state index contributed by atoms with van der Waals surface area (Å²) in [6.45, 7) is 4.32. The van der Waals surface area contributed by atoms with Crippen LogP contribution in [0.15, 0.2) is 53.7 Å². The van der Waals surface area contributed by atoms with Crippen molar-refractivity contribution in [2.75, 3.05) is 37.0 Å². The van der Waals surface area contributed by atoms with E-state index < -0.39 is 0 Å². The van der Waals surface area contributed by atoms with Gasteiger partial charge in [-0.05, 0) is 50.1 Å². The highest BCUT2D eigenvalue weighted by Gasteiger charge is 2.47. The molecule has 1 aliphatic heterocycles. The van der Waals surface area contributed by atoms with Crippen molar-refractivity contribution >= 4 is 23.3 Å². The summed E-state index contributed by atoms with van der Waals surface area (Å²) >= 11 is 1.64. The van der Waals surface area contributed by atoms with Crippen LogP contribution >= 0.6 is 11.8 Å². The molecule has 2 fully saturated rings. The number of benzene rings is 1. The van der Waals surface area contributed by atoms with E-state index in [1.807, 2.05) is 31.3 Å². The van der Waals surface area contributed by atoms with E-state index in [2.05, 4.69) is 28.2 Å². The molecule has 0 radical (unpaired) electrons. The second-order valence-corrected chi connectivity index (χ2v) is 9.77. The molecule has 1 saturated carbocycles. The summed E-state index contributed by atoms with van der Waals surface area (Å²) in [6, 6.07) is 12.0. The molecule has 1 N–H and O–H groups in total. The first-order valence-corrected chi connectivity index (χ1v) is 11.7. The molecule has 2 aliphatic rings. The molecule has 166 valence electrons. The number of rotatable bonds is 6. The zero-order valence-corrected chi connectivity index (χ0v) is 19.0. The van der Waals surface area contributed by atoms with Gasteiger partial charge < -0.3 is 15.0 Å². The van der Waals surface area contributed by atoms with E-state index in [9.17, 15) is 4.39 Å². The van der Waals surface area contributed by atoms with Crippen LogP contribution in [-0.4, -0.2) is 47.8 Å². The summed E-state index contributed by atoms with van der Waals surface area (Å²) in [5, 5.41) is 3.15. The highest BCUT2D eigenvalue weighted by atomic mass is 32.2. The Morgan fingerprint density at radius 2 is 1.97 bits per heavy atom. The Hall–Kier alpha value is -2.71. The minimum Gasteiger partial charge on any atom is -0.388 e. The molecule has 0 amide bonds. The number of anilines is 2. The van der Waals surface area contributed by atoms with Gasteiger partial charge in [0, 0.05) is 42.0 Å². The number of aromatic nitrogens is 3. The molecular weight excluding hydrogens is 425 g/mol. The van der Waals surface area contributed by atoms with Gasteiger partial charge in [-0.1, -0.05) is 0 Å². The van der Waals surface area contributed by atoms with Gasteiger partial charge in [-0.25, -0.2) is 14.4 Å². The molecule has 3 heterocycles. The third-order valence-corrected chi connectivity index (χ3v) is 7.44. The van der Waals surface area contributed by atoms with E-state index >= 15 is 0 Å². The van der Waals surface area contributed by atoms with Crippen LogP contribution in [0, 0.1) is 5.82 Å². The largest absolute Gasteiger partial charge is 0.388 e. The summed E-state index contributed by atoms with van der Waals surface area (Å²) in [5.41, 5.74) is 3.00. The van der Waals surface area contributed by atoms with Crippen molar-refractivity contribution in [3.05, 3.63) is 60.3 Å². The fourth-order valence-electron chi connectivity index (χ4n) is 4.00. The molecule has 1 unspecified atom stereocenters. The Morgan fingerprint density at radius 1 is 1.16 bits per heavy atom. The molecule has 1 aromatic carbocycles. The number of thioether (sulfide) groups is 1. The fourth-order valence-corrected chi connectivity index (χ4v) is 5.25. The van der Waals surface area contributed by atoms with E-state index in [1.165, 1.54) is 6.20 Å². The standard InChI is InChI=1S/C24H26FN5OS/c1-16-15-31-10-9-30(16)22-12-21(24(7-8-24)32-20-11-18(25)13-27-14-20)28-23(29-22)17-3-5-19(26-2)6-4-17/h3-6,11-14,16,26H,7-10,15H2,1-2H3. The summed E-state index contributed by atoms with van der Waals surface area (Å²) < 4.78 is 19.2. The first kappa shape index (κ1) is 21.2. The number of hydrogen-bond donors (Lipinski definition) is 1. The summed E-state index contributed by atoms with van der Waals surface area (Å²) in [5.74, 6) is 1.31. The third kappa shape index (κ3) is 4.29. The van der Waals surface area contributed by atoms with Crippen LogP contribution in [-0.2, 0) is 9.48 Å². The normalized spacial score (nSPS) is 19.6. The number of halogens is 1. The minimum atomic E-state index is -0.318. The Balaban J connectivity index is 1.55. The van der Waals surface area contributed by atoms with Crippen molar-refractivity contribution in [1.82, 2.24) is 15.0 Å². The number of ether oxygens (including phenoxy) is 1. The second kappa shape index (κ2) is 8.67. The maximum atomic E-state index is 13.7. The van der Waals surface area contributed by atoms with Crippen LogP contribution in [0.25, 0.3) is 11.4 Å². The number of hydrogen-bond acceptors (Lipinski definition) is 7. The lowest BCUT2D eigenvalue weighted by Gasteiger charge is -2.34. The second-order valence-electron chi connectivity index (χ2n) is 8.31. The number of nitrogens with one attached hydrogen (secondary N) is 1. The van der Waals surface area contributed by atoms with Crippen LogP contribution < -0.4 is 10.2 Å². The van der Waals surface area contributed by atoms with Crippen LogP contribution in [0.4, 0.5) is 15.9 Å². The van der Waals surface area contributed by atoms with Gasteiger partial charge in [-0.3, -0.25) is 4.98 Å². The Labute approximate surface area is 191 Å². The molecule has 1 atom stereocenters. The maximum Gasteiger partial charge on any atom is 0.161 e. The Kier molecular flexibility index (Phi) is 5.73. The molecule has 5 rings (SSSR count). The van der Waals surface area contributed by atoms with Crippen molar-refractivity contribution in [3.8, 4) is 11.4 Å². The topological polar surface area (TPSA) is 63.2 Å². The van der Waals surface area contributed by atoms with Gasteiger partial charge in [0.15, 0.2) is 5.82 Å². The predicted molar refractivity (Wildman–Crippen MR) is 126 cm³/mol. The summed E-state index contributed by atoms with van der Waals surface area (Å²) in [4.78, 5) is 17.1. The monoisotopic (exact) mass is 451 g/mol. The first-order valence-electron chi connectivity index (χ1n) is 10.9. The molecule has 2 aromatic heterocycles. The molecule has 1 aliphatic carbocycles. The molecule has 0 bridgehead atoms. The van der Waals surface area contributed by atoms with Gasteiger partial charge in [-0.2, -0.15) is 0 Å². The van der Waals surface area contributed by atoms with Crippen molar-refractivity contribution in [2.45, 2.75) is 35.4 Å². The average molecular weight is 452 g/mol. The van der Waals surface area contributed by atoms with Crippen LogP contribution in [0.3, 0.4) is 0 Å². The number of nitrogens with zero attached hydrogens (tertiary/aromatic N) is 4. The smallest absolute Gasteiger partial charge is 0.161 e. The van der Waals surface area contributed by atoms with E-state index in [-0.39, 0.29) is 16.6 Å². The predicted octanol–water partition coefficient (Wildman–Crippen LogP) is 4.73. The summed E-state index contributed by atoms with van der Waals surface area (Å²) in [6.07, 6.45) is 4.93. The summed E-state index contributed by atoms with van der Waals surface area (Å²) in [7, 11) is 1.90. The molecule has 1 saturated heterocycles. The van der Waals surface area contributed by atoms with E-state index in [1.54, 1.807) is 24.0 Å². The molecule has 8 heteroatoms. The third-order valence-electron chi connectivity index (χ3n) is 5.97. The zero-order valence-electron chi connectivity index (χ0n) is 18.2. The van der Waals surface area contributed by atoms with Gasteiger partial charge in [-0.15, -0.1) is 11.8 Å². The molecule has 0 spiro atoms. The Bertz CT molecular complexity index is 1110. The lowest BCUT2D eigenvalue weighted by atomic mass is 10.1. The number of morpholine rings is 1. The van der Waals surface area contributed by atoms with Gasteiger partial charge in [0.05, 0.1) is 35.9 Å². The SMILES string of the molecule is CNc1ccc(-c2nc(N3CCOCC3C)cc(C3(Sc4cncc(F)c4)CC3)n2)cc1. The maximum absolute atomic E-state index is 13.7. The fraction of sp³-hybridized carbons (Fsp3) is 0.375. The highest BCUT2D eigenvalue weighted by molar-refractivity contribution is 8.00. The van der Waals surface area contributed by atoms with Gasteiger partial charge in [0.2, 0.25) is 0 Å². The zero-order chi connectivity index (χ0) is 22.1. The van der Waals surface area contributed by atoms with Crippen LogP contribution in [0.1, 0.15) is 25.5 Å². The van der Waals surface area contributed by atoms with E-state index in [0.29, 0.717) is 19.0 Å². The minimum absolute atomic E-state index is 0.178. The van der Waals surface area contributed by atoms with Crippen molar-refractivity contribution in [1.29, 1.82) is 0 Å². The molecule has 32 heavy (non-hydrogen) atoms. The average Bonchev–Trinajstić information content (AvgIpc) is 3.60. The van der Waals surface area contributed by atoms with E-state index in [4.69, 9.17) is 14.7 Å². The van der Waals surface area contributed by atoms with Crippen LogP contribution in [0.5, 0.6) is 0 Å². The Morgan fingerprint density at radius 3 is 2.66 bits per heavy atom. The van der Waals surface area contributed by atoms with Gasteiger partial charge in [0.25, 0.3) is 0 Å². The van der Waals surface area contributed by atoms with Crippen molar-refractivity contribution in [2.24, 2.45) is 0 Å².